The summed E-state index contributed by atoms with van der Waals surface area (Å²) in [6.07, 6.45) is 3.46. The summed E-state index contributed by atoms with van der Waals surface area (Å²) in [6, 6.07) is 14.5. The van der Waals surface area contributed by atoms with Crippen molar-refractivity contribution in [3.8, 4) is 5.75 Å². The van der Waals surface area contributed by atoms with Gasteiger partial charge in [0.15, 0.2) is 0 Å². The van der Waals surface area contributed by atoms with Crippen LogP contribution in [-0.4, -0.2) is 28.6 Å². The zero-order chi connectivity index (χ0) is 22.2. The number of imidazole rings is 1. The van der Waals surface area contributed by atoms with Gasteiger partial charge in [-0.1, -0.05) is 32.0 Å². The Bertz CT molecular complexity index is 985. The van der Waals surface area contributed by atoms with Gasteiger partial charge in [0.2, 0.25) is 5.91 Å². The topological polar surface area (TPSA) is 56.2 Å². The molecule has 0 saturated heterocycles. The van der Waals surface area contributed by atoms with Crippen molar-refractivity contribution < 1.29 is 9.53 Å². The lowest BCUT2D eigenvalue weighted by atomic mass is 10.0. The number of carbonyl (C=O) groups is 1. The molecule has 1 aromatic heterocycles. The number of fused-ring (bicyclic) bond motifs is 1. The molecule has 31 heavy (non-hydrogen) atoms. The summed E-state index contributed by atoms with van der Waals surface area (Å²) in [4.78, 5) is 17.0. The van der Waals surface area contributed by atoms with E-state index in [0.29, 0.717) is 13.2 Å². The molecule has 0 aliphatic heterocycles. The number of amides is 1. The molecule has 0 radical (unpaired) electrons. The van der Waals surface area contributed by atoms with Crippen molar-refractivity contribution in [1.29, 1.82) is 0 Å². The normalized spacial score (nSPS) is 11.3. The van der Waals surface area contributed by atoms with Gasteiger partial charge in [0.25, 0.3) is 0 Å². The molecule has 1 heterocycles. The smallest absolute Gasteiger partial charge is 0.223 e. The first kappa shape index (κ1) is 22.9. The molecule has 0 unspecified atom stereocenters. The van der Waals surface area contributed by atoms with Gasteiger partial charge >= 0.3 is 0 Å². The number of benzene rings is 2. The van der Waals surface area contributed by atoms with E-state index >= 15 is 0 Å². The molecular formula is C26H35N3O2. The van der Waals surface area contributed by atoms with E-state index < -0.39 is 0 Å². The summed E-state index contributed by atoms with van der Waals surface area (Å²) >= 11 is 0. The van der Waals surface area contributed by atoms with Crippen molar-refractivity contribution in [2.45, 2.75) is 59.9 Å². The fourth-order valence-electron chi connectivity index (χ4n) is 4.10. The van der Waals surface area contributed by atoms with Gasteiger partial charge in [-0.2, -0.15) is 0 Å². The van der Waals surface area contributed by atoms with E-state index in [-0.39, 0.29) is 11.8 Å². The second kappa shape index (κ2) is 11.0. The Morgan fingerprint density at radius 3 is 2.52 bits per heavy atom. The molecule has 0 saturated carbocycles. The third-order valence-corrected chi connectivity index (χ3v) is 5.75. The van der Waals surface area contributed by atoms with Gasteiger partial charge in [-0.05, 0) is 68.5 Å². The van der Waals surface area contributed by atoms with Gasteiger partial charge in [0.1, 0.15) is 18.2 Å². The monoisotopic (exact) mass is 421 g/mol. The van der Waals surface area contributed by atoms with Crippen LogP contribution in [0.2, 0.25) is 0 Å². The zero-order valence-corrected chi connectivity index (χ0v) is 19.3. The van der Waals surface area contributed by atoms with E-state index in [2.05, 4.69) is 67.9 Å². The molecule has 3 aromatic rings. The van der Waals surface area contributed by atoms with Crippen LogP contribution in [0.4, 0.5) is 0 Å². The Morgan fingerprint density at radius 2 is 1.81 bits per heavy atom. The zero-order valence-electron chi connectivity index (χ0n) is 19.3. The number of nitrogens with one attached hydrogen (secondary N) is 1. The van der Waals surface area contributed by atoms with Gasteiger partial charge in [-0.3, -0.25) is 4.79 Å². The number of ether oxygens (including phenoxy) is 1. The lowest BCUT2D eigenvalue weighted by Gasteiger charge is -2.13. The predicted octanol–water partition coefficient (Wildman–Crippen LogP) is 5.22. The van der Waals surface area contributed by atoms with E-state index in [0.717, 1.165) is 54.8 Å². The average molecular weight is 422 g/mol. The van der Waals surface area contributed by atoms with Gasteiger partial charge in [-0.25, -0.2) is 4.98 Å². The van der Waals surface area contributed by atoms with Crippen LogP contribution >= 0.6 is 0 Å². The highest BCUT2D eigenvalue weighted by Gasteiger charge is 2.14. The average Bonchev–Trinajstić information content (AvgIpc) is 3.09. The summed E-state index contributed by atoms with van der Waals surface area (Å²) in [7, 11) is 0. The Balaban J connectivity index is 1.62. The minimum Gasteiger partial charge on any atom is -0.492 e. The molecule has 2 aromatic carbocycles. The van der Waals surface area contributed by atoms with Crippen molar-refractivity contribution in [2.24, 2.45) is 5.92 Å². The van der Waals surface area contributed by atoms with Crippen molar-refractivity contribution in [1.82, 2.24) is 14.9 Å². The minimum absolute atomic E-state index is 0.118. The third kappa shape index (κ3) is 6.09. The molecule has 1 N–H and O–H groups in total. The standard InChI is InChI=1S/C26H35N3O2/c1-5-21(6-2)26(30)27-13-9-12-25-28-23-10-7-8-11-24(23)29(25)14-15-31-22-17-19(3)16-20(4)18-22/h7-8,10-11,16-18,21H,5-6,9,12-15H2,1-4H3,(H,27,30). The van der Waals surface area contributed by atoms with E-state index in [1.807, 2.05) is 12.1 Å². The Labute approximate surface area is 185 Å². The first-order valence-electron chi connectivity index (χ1n) is 11.4. The van der Waals surface area contributed by atoms with Gasteiger partial charge in [0.05, 0.1) is 17.6 Å². The fourth-order valence-corrected chi connectivity index (χ4v) is 4.10. The number of para-hydroxylation sites is 2. The van der Waals surface area contributed by atoms with Crippen LogP contribution in [0, 0.1) is 19.8 Å². The highest BCUT2D eigenvalue weighted by atomic mass is 16.5. The maximum absolute atomic E-state index is 12.2. The van der Waals surface area contributed by atoms with E-state index in [1.165, 1.54) is 11.1 Å². The highest BCUT2D eigenvalue weighted by molar-refractivity contribution is 5.78. The molecule has 0 fully saturated rings. The molecular weight excluding hydrogens is 386 g/mol. The molecule has 0 aliphatic rings. The van der Waals surface area contributed by atoms with Crippen LogP contribution in [0.1, 0.15) is 50.1 Å². The van der Waals surface area contributed by atoms with Crippen molar-refractivity contribution in [3.63, 3.8) is 0 Å². The Kier molecular flexibility index (Phi) is 8.10. The molecule has 3 rings (SSSR count). The van der Waals surface area contributed by atoms with Gasteiger partial charge in [-0.15, -0.1) is 0 Å². The third-order valence-electron chi connectivity index (χ3n) is 5.75. The minimum atomic E-state index is 0.118. The fraction of sp³-hybridized carbons (Fsp3) is 0.462. The SMILES string of the molecule is CCC(CC)C(=O)NCCCc1nc2ccccc2n1CCOc1cc(C)cc(C)c1. The van der Waals surface area contributed by atoms with E-state index in [9.17, 15) is 4.79 Å². The van der Waals surface area contributed by atoms with E-state index in [4.69, 9.17) is 9.72 Å². The summed E-state index contributed by atoms with van der Waals surface area (Å²) in [5.74, 6) is 2.24. The van der Waals surface area contributed by atoms with Gasteiger partial charge < -0.3 is 14.6 Å². The Hall–Kier alpha value is -2.82. The van der Waals surface area contributed by atoms with Crippen LogP contribution in [0.15, 0.2) is 42.5 Å². The van der Waals surface area contributed by atoms with Crippen LogP contribution in [0.5, 0.6) is 5.75 Å². The molecule has 5 heteroatoms. The van der Waals surface area contributed by atoms with Crippen LogP contribution in [0.3, 0.4) is 0 Å². The van der Waals surface area contributed by atoms with Crippen LogP contribution in [-0.2, 0) is 17.8 Å². The molecule has 166 valence electrons. The molecule has 0 aliphatic carbocycles. The Morgan fingerprint density at radius 1 is 1.10 bits per heavy atom. The van der Waals surface area contributed by atoms with Crippen molar-refractivity contribution in [2.75, 3.05) is 13.2 Å². The number of carbonyl (C=O) groups excluding carboxylic acids is 1. The quantitative estimate of drug-likeness (QED) is 0.432. The molecule has 0 spiro atoms. The lowest BCUT2D eigenvalue weighted by Crippen LogP contribution is -2.31. The van der Waals surface area contributed by atoms with E-state index in [1.54, 1.807) is 0 Å². The van der Waals surface area contributed by atoms with Crippen molar-refractivity contribution in [3.05, 3.63) is 59.4 Å². The largest absolute Gasteiger partial charge is 0.492 e. The second-order valence-electron chi connectivity index (χ2n) is 8.25. The number of aryl methyl sites for hydroxylation is 3. The maximum Gasteiger partial charge on any atom is 0.223 e. The summed E-state index contributed by atoms with van der Waals surface area (Å²) < 4.78 is 8.30. The summed E-state index contributed by atoms with van der Waals surface area (Å²) in [6.45, 7) is 10.3. The summed E-state index contributed by atoms with van der Waals surface area (Å²) in [5, 5.41) is 3.08. The van der Waals surface area contributed by atoms with Gasteiger partial charge in [0, 0.05) is 18.9 Å². The van der Waals surface area contributed by atoms with Crippen LogP contribution < -0.4 is 10.1 Å². The maximum atomic E-state index is 12.2. The number of nitrogens with zero attached hydrogens (tertiary/aromatic N) is 2. The van der Waals surface area contributed by atoms with Crippen LogP contribution in [0.25, 0.3) is 11.0 Å². The number of rotatable bonds is 11. The molecule has 0 atom stereocenters. The second-order valence-corrected chi connectivity index (χ2v) is 8.25. The molecule has 1 amide bonds. The highest BCUT2D eigenvalue weighted by Crippen LogP contribution is 2.19. The molecule has 5 nitrogen and oxygen atoms in total. The summed E-state index contributed by atoms with van der Waals surface area (Å²) in [5.41, 5.74) is 4.55. The van der Waals surface area contributed by atoms with Crippen molar-refractivity contribution >= 4 is 16.9 Å². The lowest BCUT2D eigenvalue weighted by molar-refractivity contribution is -0.125. The number of hydrogen-bond acceptors (Lipinski definition) is 3. The predicted molar refractivity (Wildman–Crippen MR) is 127 cm³/mol. The number of hydrogen-bond donors (Lipinski definition) is 1. The first-order chi connectivity index (χ1) is 15.0. The number of aromatic nitrogens is 2. The first-order valence-corrected chi connectivity index (χ1v) is 11.4. The molecule has 0 bridgehead atoms.